The Hall–Kier alpha value is -3.29. The molecule has 2 heterocycles. The van der Waals surface area contributed by atoms with E-state index in [-0.39, 0.29) is 25.3 Å². The molecule has 1 N–H and O–H groups in total. The van der Waals surface area contributed by atoms with Crippen molar-refractivity contribution in [1.29, 1.82) is 0 Å². The first-order valence-electron chi connectivity index (χ1n) is 9.80. The molecule has 4 aromatic rings. The van der Waals surface area contributed by atoms with Crippen LogP contribution in [0.1, 0.15) is 5.69 Å². The second kappa shape index (κ2) is 9.06. The molecule has 0 fully saturated rings. The largest absolute Gasteiger partial charge is 0.492 e. The lowest BCUT2D eigenvalue weighted by molar-refractivity contribution is -0.137. The van der Waals surface area contributed by atoms with E-state index >= 15 is 0 Å². The van der Waals surface area contributed by atoms with Gasteiger partial charge in [0.1, 0.15) is 18.9 Å². The Morgan fingerprint density at radius 1 is 1.06 bits per heavy atom. The summed E-state index contributed by atoms with van der Waals surface area (Å²) in [6.45, 7) is 2.11. The van der Waals surface area contributed by atoms with Crippen LogP contribution in [-0.2, 0) is 17.9 Å². The van der Waals surface area contributed by atoms with Crippen molar-refractivity contribution in [2.24, 2.45) is 0 Å². The van der Waals surface area contributed by atoms with E-state index in [0.717, 1.165) is 22.2 Å². The number of hydrogen-bond donors (Lipinski definition) is 1. The van der Waals surface area contributed by atoms with Crippen LogP contribution in [0, 0.1) is 6.92 Å². The Bertz CT molecular complexity index is 1360. The van der Waals surface area contributed by atoms with Crippen molar-refractivity contribution in [2.75, 3.05) is 6.61 Å². The fourth-order valence-corrected chi connectivity index (χ4v) is 3.94. The van der Waals surface area contributed by atoms with Gasteiger partial charge in [0.2, 0.25) is 0 Å². The molecule has 0 saturated heterocycles. The van der Waals surface area contributed by atoms with Gasteiger partial charge in [-0.15, -0.1) is 0 Å². The van der Waals surface area contributed by atoms with Gasteiger partial charge < -0.3 is 14.4 Å². The Balaban J connectivity index is 1.69. The molecule has 0 aliphatic carbocycles. The average molecular weight is 472 g/mol. The summed E-state index contributed by atoms with van der Waals surface area (Å²) >= 11 is 12.1. The Morgan fingerprint density at radius 3 is 2.50 bits per heavy atom. The van der Waals surface area contributed by atoms with Gasteiger partial charge in [-0.3, -0.25) is 9.59 Å². The third kappa shape index (κ3) is 4.49. The number of rotatable bonds is 7. The zero-order valence-electron chi connectivity index (χ0n) is 17.1. The first kappa shape index (κ1) is 21.9. The highest BCUT2D eigenvalue weighted by atomic mass is 35.5. The van der Waals surface area contributed by atoms with E-state index in [4.69, 9.17) is 27.9 Å². The van der Waals surface area contributed by atoms with Crippen LogP contribution in [0.2, 0.25) is 10.0 Å². The van der Waals surface area contributed by atoms with Crippen molar-refractivity contribution in [2.45, 2.75) is 20.0 Å². The van der Waals surface area contributed by atoms with E-state index in [1.54, 1.807) is 53.1 Å². The number of halogens is 2. The highest BCUT2D eigenvalue weighted by molar-refractivity contribution is 6.31. The van der Waals surface area contributed by atoms with Crippen LogP contribution in [0.5, 0.6) is 5.75 Å². The minimum absolute atomic E-state index is 0.196. The SMILES string of the molecule is Cc1c(-c2ccc(=O)n(CCOc3ccc(Cl)cc3)n2)c2cc(Cl)ccc2n1CC(=O)O. The molecule has 0 aliphatic rings. The summed E-state index contributed by atoms with van der Waals surface area (Å²) in [7, 11) is 0. The molecule has 9 heteroatoms. The van der Waals surface area contributed by atoms with E-state index in [0.29, 0.717) is 21.5 Å². The average Bonchev–Trinajstić information content (AvgIpc) is 3.01. The standard InChI is InChI=1S/C23H19Cl2N3O4/c1-14-23(18-12-16(25)4-8-20(18)27(14)13-22(30)31)19-7-9-21(29)28(26-19)10-11-32-17-5-2-15(24)3-6-17/h2-9,12H,10-11,13H2,1H3,(H,30,31). The smallest absolute Gasteiger partial charge is 0.323 e. The molecular weight excluding hydrogens is 453 g/mol. The van der Waals surface area contributed by atoms with E-state index in [1.165, 1.54) is 10.7 Å². The number of carboxylic acids is 1. The summed E-state index contributed by atoms with van der Waals surface area (Å²) in [6, 6.07) is 15.3. The van der Waals surface area contributed by atoms with Crippen LogP contribution in [0.15, 0.2) is 59.4 Å². The van der Waals surface area contributed by atoms with Crippen molar-refractivity contribution in [1.82, 2.24) is 14.3 Å². The topological polar surface area (TPSA) is 86.4 Å². The number of ether oxygens (including phenoxy) is 1. The van der Waals surface area contributed by atoms with Crippen molar-refractivity contribution in [3.05, 3.63) is 80.7 Å². The monoisotopic (exact) mass is 471 g/mol. The minimum Gasteiger partial charge on any atom is -0.492 e. The highest BCUT2D eigenvalue weighted by Gasteiger charge is 2.19. The third-order valence-corrected chi connectivity index (χ3v) is 5.57. The fraction of sp³-hybridized carbons (Fsp3) is 0.174. The normalized spacial score (nSPS) is 11.1. The number of nitrogens with zero attached hydrogens (tertiary/aromatic N) is 3. The van der Waals surface area contributed by atoms with Gasteiger partial charge in [-0.1, -0.05) is 23.2 Å². The number of aromatic nitrogens is 3. The fourth-order valence-electron chi connectivity index (χ4n) is 3.64. The molecular formula is C23H19Cl2N3O4. The lowest BCUT2D eigenvalue weighted by Crippen LogP contribution is -2.25. The predicted octanol–water partition coefficient (Wildman–Crippen LogP) is 4.64. The molecule has 2 aromatic carbocycles. The number of aliphatic carboxylic acids is 1. The van der Waals surface area contributed by atoms with Gasteiger partial charge >= 0.3 is 5.97 Å². The predicted molar refractivity (Wildman–Crippen MR) is 124 cm³/mol. The molecule has 0 spiro atoms. The van der Waals surface area contributed by atoms with Gasteiger partial charge in [0.05, 0.1) is 12.2 Å². The van der Waals surface area contributed by atoms with Crippen LogP contribution in [-0.4, -0.2) is 32.0 Å². The molecule has 7 nitrogen and oxygen atoms in total. The van der Waals surface area contributed by atoms with Crippen molar-refractivity contribution in [3.8, 4) is 17.0 Å². The maximum Gasteiger partial charge on any atom is 0.323 e. The molecule has 0 saturated carbocycles. The Kier molecular flexibility index (Phi) is 6.21. The van der Waals surface area contributed by atoms with Crippen molar-refractivity contribution in [3.63, 3.8) is 0 Å². The quantitative estimate of drug-likeness (QED) is 0.424. The highest BCUT2D eigenvalue weighted by Crippen LogP contribution is 2.35. The molecule has 0 unspecified atom stereocenters. The number of fused-ring (bicyclic) bond motifs is 1. The van der Waals surface area contributed by atoms with Crippen molar-refractivity contribution < 1.29 is 14.6 Å². The maximum absolute atomic E-state index is 12.4. The Morgan fingerprint density at radius 2 is 1.78 bits per heavy atom. The first-order chi connectivity index (χ1) is 15.3. The molecule has 164 valence electrons. The zero-order valence-corrected chi connectivity index (χ0v) is 18.6. The van der Waals surface area contributed by atoms with Crippen LogP contribution in [0.25, 0.3) is 22.2 Å². The molecule has 0 radical (unpaired) electrons. The summed E-state index contributed by atoms with van der Waals surface area (Å²) in [5.41, 5.74) is 2.47. The molecule has 0 atom stereocenters. The van der Waals surface area contributed by atoms with E-state index in [9.17, 15) is 14.7 Å². The number of benzene rings is 2. The maximum atomic E-state index is 12.4. The molecule has 0 bridgehead atoms. The number of carbonyl (C=O) groups is 1. The van der Waals surface area contributed by atoms with Crippen LogP contribution >= 0.6 is 23.2 Å². The second-order valence-corrected chi connectivity index (χ2v) is 8.06. The lowest BCUT2D eigenvalue weighted by Gasteiger charge is -2.10. The third-order valence-electron chi connectivity index (χ3n) is 5.09. The van der Waals surface area contributed by atoms with Crippen LogP contribution in [0.4, 0.5) is 0 Å². The van der Waals surface area contributed by atoms with E-state index < -0.39 is 5.97 Å². The summed E-state index contributed by atoms with van der Waals surface area (Å²) in [4.78, 5) is 23.8. The van der Waals surface area contributed by atoms with Crippen molar-refractivity contribution >= 4 is 40.1 Å². The second-order valence-electron chi connectivity index (χ2n) is 7.18. The van der Waals surface area contributed by atoms with Gasteiger partial charge in [0, 0.05) is 38.3 Å². The van der Waals surface area contributed by atoms with Crippen LogP contribution in [0.3, 0.4) is 0 Å². The summed E-state index contributed by atoms with van der Waals surface area (Å²) in [6.07, 6.45) is 0. The molecule has 2 aromatic heterocycles. The lowest BCUT2D eigenvalue weighted by atomic mass is 10.1. The van der Waals surface area contributed by atoms with E-state index in [1.807, 2.05) is 6.92 Å². The molecule has 32 heavy (non-hydrogen) atoms. The molecule has 0 aliphatic heterocycles. The van der Waals surface area contributed by atoms with Gasteiger partial charge in [0.15, 0.2) is 0 Å². The minimum atomic E-state index is -0.955. The first-order valence-corrected chi connectivity index (χ1v) is 10.6. The zero-order chi connectivity index (χ0) is 22.8. The number of hydrogen-bond acceptors (Lipinski definition) is 4. The van der Waals surface area contributed by atoms with Gasteiger partial charge in [-0.25, -0.2) is 4.68 Å². The Labute approximate surface area is 193 Å². The number of carboxylic acid groups (broad SMARTS) is 1. The summed E-state index contributed by atoms with van der Waals surface area (Å²) in [5.74, 6) is -0.315. The van der Waals surface area contributed by atoms with Crippen LogP contribution < -0.4 is 10.3 Å². The van der Waals surface area contributed by atoms with E-state index in [2.05, 4.69) is 5.10 Å². The molecule has 0 amide bonds. The summed E-state index contributed by atoms with van der Waals surface area (Å²) < 4.78 is 8.71. The van der Waals surface area contributed by atoms with Gasteiger partial charge in [-0.2, -0.15) is 5.10 Å². The molecule has 4 rings (SSSR count). The summed E-state index contributed by atoms with van der Waals surface area (Å²) in [5, 5.41) is 15.8. The van der Waals surface area contributed by atoms with Gasteiger partial charge in [0.25, 0.3) is 5.56 Å². The van der Waals surface area contributed by atoms with Gasteiger partial charge in [-0.05, 0) is 55.5 Å².